The summed E-state index contributed by atoms with van der Waals surface area (Å²) >= 11 is 1.53. The number of rotatable bonds is 6. The van der Waals surface area contributed by atoms with E-state index in [0.717, 1.165) is 35.4 Å². The first-order valence-electron chi connectivity index (χ1n) is 10.1. The fourth-order valence-electron chi connectivity index (χ4n) is 3.39. The predicted octanol–water partition coefficient (Wildman–Crippen LogP) is 3.75. The first-order chi connectivity index (χ1) is 15.3. The molecular weight excluding hydrogens is 412 g/mol. The topological polar surface area (TPSA) is 82.1 Å². The molecule has 0 atom stereocenters. The van der Waals surface area contributed by atoms with Crippen LogP contribution in [-0.2, 0) is 10.5 Å². The van der Waals surface area contributed by atoms with Gasteiger partial charge < -0.3 is 14.2 Å². The maximum Gasteiger partial charge on any atom is 0.237 e. The number of anilines is 1. The lowest BCUT2D eigenvalue weighted by molar-refractivity contribution is 0.122. The second-order valence-corrected chi connectivity index (χ2v) is 8.16. The van der Waals surface area contributed by atoms with Crippen LogP contribution in [0.25, 0.3) is 17.1 Å². The number of para-hydroxylation sites is 1. The molecule has 9 heteroatoms. The standard InChI is InChI=1S/C22H22N6O2S/c1-16-7-9-17(10-8-16)20-23-19(30-26-20)15-31-22-25-24-21(27-11-13-29-14-12-27)28(22)18-5-3-2-4-6-18/h2-10H,11-15H2,1H3. The number of morpholine rings is 1. The number of hydrogen-bond acceptors (Lipinski definition) is 8. The Morgan fingerprint density at radius 2 is 1.74 bits per heavy atom. The molecule has 0 bridgehead atoms. The lowest BCUT2D eigenvalue weighted by Gasteiger charge is -2.27. The van der Waals surface area contributed by atoms with E-state index < -0.39 is 0 Å². The summed E-state index contributed by atoms with van der Waals surface area (Å²) in [5.74, 6) is 2.47. The molecule has 0 saturated carbocycles. The van der Waals surface area contributed by atoms with E-state index in [2.05, 4.69) is 48.9 Å². The van der Waals surface area contributed by atoms with Gasteiger partial charge in [-0.3, -0.25) is 4.57 Å². The summed E-state index contributed by atoms with van der Waals surface area (Å²) in [7, 11) is 0. The molecule has 0 N–H and O–H groups in total. The Morgan fingerprint density at radius 1 is 0.968 bits per heavy atom. The third kappa shape index (κ3) is 4.33. The minimum atomic E-state index is 0.507. The first kappa shape index (κ1) is 19.8. The molecule has 2 aromatic carbocycles. The van der Waals surface area contributed by atoms with Gasteiger partial charge in [0.15, 0.2) is 5.16 Å². The smallest absolute Gasteiger partial charge is 0.237 e. The van der Waals surface area contributed by atoms with Gasteiger partial charge in [-0.25, -0.2) is 0 Å². The zero-order chi connectivity index (χ0) is 21.0. The van der Waals surface area contributed by atoms with E-state index in [1.807, 2.05) is 42.5 Å². The molecule has 5 rings (SSSR count). The molecule has 0 aliphatic carbocycles. The molecule has 31 heavy (non-hydrogen) atoms. The molecule has 0 radical (unpaired) electrons. The van der Waals surface area contributed by atoms with E-state index in [0.29, 0.717) is 30.7 Å². The van der Waals surface area contributed by atoms with Gasteiger partial charge in [0.2, 0.25) is 17.7 Å². The Hall–Kier alpha value is -3.17. The molecule has 0 spiro atoms. The Bertz CT molecular complexity index is 1140. The van der Waals surface area contributed by atoms with Crippen LogP contribution in [0.3, 0.4) is 0 Å². The quantitative estimate of drug-likeness (QED) is 0.424. The minimum absolute atomic E-state index is 0.507. The molecule has 1 aliphatic rings. The first-order valence-corrected chi connectivity index (χ1v) is 11.1. The normalized spacial score (nSPS) is 14.2. The number of benzene rings is 2. The Kier molecular flexibility index (Phi) is 5.68. The largest absolute Gasteiger partial charge is 0.378 e. The molecule has 8 nitrogen and oxygen atoms in total. The van der Waals surface area contributed by atoms with Crippen LogP contribution in [0.4, 0.5) is 5.95 Å². The monoisotopic (exact) mass is 434 g/mol. The fraction of sp³-hybridized carbons (Fsp3) is 0.273. The molecule has 1 fully saturated rings. The highest BCUT2D eigenvalue weighted by Gasteiger charge is 2.22. The second-order valence-electron chi connectivity index (χ2n) is 7.22. The van der Waals surface area contributed by atoms with Crippen LogP contribution < -0.4 is 4.90 Å². The molecule has 4 aromatic rings. The van der Waals surface area contributed by atoms with Gasteiger partial charge in [0.25, 0.3) is 0 Å². The fourth-order valence-corrected chi connectivity index (χ4v) is 4.17. The molecule has 1 aliphatic heterocycles. The molecule has 0 unspecified atom stereocenters. The van der Waals surface area contributed by atoms with Crippen molar-refractivity contribution >= 4 is 17.7 Å². The van der Waals surface area contributed by atoms with Gasteiger partial charge in [0.05, 0.1) is 24.7 Å². The van der Waals surface area contributed by atoms with Crippen molar-refractivity contribution in [1.29, 1.82) is 0 Å². The minimum Gasteiger partial charge on any atom is -0.378 e. The molecule has 2 aromatic heterocycles. The SMILES string of the molecule is Cc1ccc(-c2noc(CSc3nnc(N4CCOCC4)n3-c3ccccc3)n2)cc1. The zero-order valence-corrected chi connectivity index (χ0v) is 18.0. The van der Waals surface area contributed by atoms with Crippen molar-refractivity contribution < 1.29 is 9.26 Å². The summed E-state index contributed by atoms with van der Waals surface area (Å²) in [5.41, 5.74) is 3.15. The number of thioether (sulfide) groups is 1. The van der Waals surface area contributed by atoms with Gasteiger partial charge in [-0.1, -0.05) is 64.9 Å². The van der Waals surface area contributed by atoms with E-state index in [-0.39, 0.29) is 0 Å². The average molecular weight is 435 g/mol. The Labute approximate surface area is 184 Å². The summed E-state index contributed by atoms with van der Waals surface area (Å²) in [5, 5.41) is 13.8. The lowest BCUT2D eigenvalue weighted by atomic mass is 10.1. The summed E-state index contributed by atoms with van der Waals surface area (Å²) in [4.78, 5) is 6.75. The van der Waals surface area contributed by atoms with Crippen LogP contribution in [0.1, 0.15) is 11.5 Å². The molecule has 1 saturated heterocycles. The van der Waals surface area contributed by atoms with Crippen LogP contribution in [0.15, 0.2) is 64.3 Å². The molecule has 0 amide bonds. The lowest BCUT2D eigenvalue weighted by Crippen LogP contribution is -2.37. The van der Waals surface area contributed by atoms with Crippen molar-refractivity contribution in [2.45, 2.75) is 17.8 Å². The van der Waals surface area contributed by atoms with Crippen LogP contribution in [0.5, 0.6) is 0 Å². The maximum atomic E-state index is 5.49. The molecule has 3 heterocycles. The van der Waals surface area contributed by atoms with Gasteiger partial charge >= 0.3 is 0 Å². The number of aromatic nitrogens is 5. The zero-order valence-electron chi connectivity index (χ0n) is 17.1. The third-order valence-corrected chi connectivity index (χ3v) is 5.94. The van der Waals surface area contributed by atoms with Crippen molar-refractivity contribution in [3.05, 3.63) is 66.1 Å². The maximum absolute atomic E-state index is 5.49. The number of nitrogens with zero attached hydrogens (tertiary/aromatic N) is 6. The van der Waals surface area contributed by atoms with E-state index in [1.54, 1.807) is 0 Å². The molecular formula is C22H22N6O2S. The number of hydrogen-bond donors (Lipinski definition) is 0. The van der Waals surface area contributed by atoms with Gasteiger partial charge in [-0.05, 0) is 19.1 Å². The van der Waals surface area contributed by atoms with Crippen molar-refractivity contribution in [2.75, 3.05) is 31.2 Å². The van der Waals surface area contributed by atoms with Gasteiger partial charge in [-0.2, -0.15) is 4.98 Å². The number of ether oxygens (including phenoxy) is 1. The van der Waals surface area contributed by atoms with Crippen LogP contribution in [0.2, 0.25) is 0 Å². The third-order valence-electron chi connectivity index (χ3n) is 5.03. The molecule has 158 valence electrons. The van der Waals surface area contributed by atoms with E-state index in [4.69, 9.17) is 9.26 Å². The average Bonchev–Trinajstić information content (AvgIpc) is 3.47. The van der Waals surface area contributed by atoms with Crippen molar-refractivity contribution in [2.24, 2.45) is 0 Å². The van der Waals surface area contributed by atoms with Gasteiger partial charge in [0.1, 0.15) is 0 Å². The highest BCUT2D eigenvalue weighted by Crippen LogP contribution is 2.29. The van der Waals surface area contributed by atoms with Crippen molar-refractivity contribution in [3.8, 4) is 17.1 Å². The van der Waals surface area contributed by atoms with E-state index in [1.165, 1.54) is 17.3 Å². The van der Waals surface area contributed by atoms with Crippen LogP contribution in [0, 0.1) is 6.92 Å². The van der Waals surface area contributed by atoms with Crippen molar-refractivity contribution in [3.63, 3.8) is 0 Å². The second kappa shape index (κ2) is 8.91. The van der Waals surface area contributed by atoms with E-state index in [9.17, 15) is 0 Å². The highest BCUT2D eigenvalue weighted by atomic mass is 32.2. The van der Waals surface area contributed by atoms with E-state index >= 15 is 0 Å². The summed E-state index contributed by atoms with van der Waals surface area (Å²) in [6.07, 6.45) is 0. The Morgan fingerprint density at radius 3 is 2.52 bits per heavy atom. The van der Waals surface area contributed by atoms with Crippen molar-refractivity contribution in [1.82, 2.24) is 24.9 Å². The predicted molar refractivity (Wildman–Crippen MR) is 118 cm³/mol. The Balaban J connectivity index is 1.38. The van der Waals surface area contributed by atoms with Crippen LogP contribution in [-0.4, -0.2) is 51.2 Å². The van der Waals surface area contributed by atoms with Crippen LogP contribution >= 0.6 is 11.8 Å². The summed E-state index contributed by atoms with van der Waals surface area (Å²) in [6.45, 7) is 5.01. The van der Waals surface area contributed by atoms with Gasteiger partial charge in [0, 0.05) is 18.7 Å². The van der Waals surface area contributed by atoms with Gasteiger partial charge in [-0.15, -0.1) is 10.2 Å². The highest BCUT2D eigenvalue weighted by molar-refractivity contribution is 7.98. The summed E-state index contributed by atoms with van der Waals surface area (Å²) in [6, 6.07) is 18.2. The summed E-state index contributed by atoms with van der Waals surface area (Å²) < 4.78 is 13.0. The number of aryl methyl sites for hydroxylation is 1.